The number of benzene rings is 1. The molecule has 0 saturated heterocycles. The van der Waals surface area contributed by atoms with E-state index < -0.39 is 0 Å². The monoisotopic (exact) mass is 278 g/mol. The summed E-state index contributed by atoms with van der Waals surface area (Å²) in [7, 11) is 0. The summed E-state index contributed by atoms with van der Waals surface area (Å²) in [5, 5.41) is 0. The van der Waals surface area contributed by atoms with E-state index >= 15 is 0 Å². The quantitative estimate of drug-likeness (QED) is 0.567. The zero-order valence-corrected chi connectivity index (χ0v) is 12.8. The molecule has 0 amide bonds. The Kier molecular flexibility index (Phi) is 7.16. The SMILES string of the molecule is CCC(N)C(N)Cc1ccccc1CC(N)C(N)CC. The Morgan fingerprint density at radius 3 is 1.35 bits per heavy atom. The molecule has 0 aliphatic heterocycles. The predicted molar refractivity (Wildman–Crippen MR) is 86.3 cm³/mol. The van der Waals surface area contributed by atoms with Crippen molar-refractivity contribution in [3.8, 4) is 0 Å². The van der Waals surface area contributed by atoms with E-state index in [2.05, 4.69) is 26.0 Å². The summed E-state index contributed by atoms with van der Waals surface area (Å²) >= 11 is 0. The zero-order chi connectivity index (χ0) is 15.1. The van der Waals surface area contributed by atoms with Gasteiger partial charge in [-0.3, -0.25) is 0 Å². The van der Waals surface area contributed by atoms with Crippen molar-refractivity contribution in [1.29, 1.82) is 0 Å². The second-order valence-corrected chi connectivity index (χ2v) is 5.65. The molecule has 0 fully saturated rings. The summed E-state index contributed by atoms with van der Waals surface area (Å²) in [5.74, 6) is 0. The maximum absolute atomic E-state index is 6.16. The molecule has 0 bridgehead atoms. The van der Waals surface area contributed by atoms with Crippen molar-refractivity contribution in [2.24, 2.45) is 22.9 Å². The van der Waals surface area contributed by atoms with Crippen molar-refractivity contribution < 1.29 is 0 Å². The average Bonchev–Trinajstić information content (AvgIpc) is 2.47. The summed E-state index contributed by atoms with van der Waals surface area (Å²) < 4.78 is 0. The molecular formula is C16H30N4. The molecule has 0 spiro atoms. The first-order chi connectivity index (χ1) is 9.49. The van der Waals surface area contributed by atoms with Crippen LogP contribution < -0.4 is 22.9 Å². The summed E-state index contributed by atoms with van der Waals surface area (Å²) in [6.45, 7) is 4.12. The fraction of sp³-hybridized carbons (Fsp3) is 0.625. The molecule has 1 aromatic carbocycles. The van der Waals surface area contributed by atoms with Crippen LogP contribution >= 0.6 is 0 Å². The minimum atomic E-state index is -0.0165. The van der Waals surface area contributed by atoms with Crippen LogP contribution in [0.1, 0.15) is 37.8 Å². The first-order valence-electron chi connectivity index (χ1n) is 7.58. The highest BCUT2D eigenvalue weighted by Crippen LogP contribution is 2.15. The molecule has 0 radical (unpaired) electrons. The maximum Gasteiger partial charge on any atom is 0.0233 e. The molecule has 4 heteroatoms. The highest BCUT2D eigenvalue weighted by Gasteiger charge is 2.17. The van der Waals surface area contributed by atoms with Crippen LogP contribution in [0, 0.1) is 0 Å². The van der Waals surface area contributed by atoms with E-state index in [1.165, 1.54) is 11.1 Å². The normalized spacial score (nSPS) is 17.5. The maximum atomic E-state index is 6.16. The van der Waals surface area contributed by atoms with Crippen LogP contribution in [0.4, 0.5) is 0 Å². The molecule has 4 nitrogen and oxygen atoms in total. The fourth-order valence-corrected chi connectivity index (χ4v) is 2.37. The minimum absolute atomic E-state index is 0.0165. The largest absolute Gasteiger partial charge is 0.326 e. The van der Waals surface area contributed by atoms with Gasteiger partial charge < -0.3 is 22.9 Å². The molecule has 4 unspecified atom stereocenters. The van der Waals surface area contributed by atoms with Gasteiger partial charge in [0.15, 0.2) is 0 Å². The van der Waals surface area contributed by atoms with E-state index in [4.69, 9.17) is 22.9 Å². The molecule has 114 valence electrons. The van der Waals surface area contributed by atoms with E-state index in [0.29, 0.717) is 0 Å². The van der Waals surface area contributed by atoms with Crippen LogP contribution in [0.25, 0.3) is 0 Å². The van der Waals surface area contributed by atoms with Gasteiger partial charge in [-0.2, -0.15) is 0 Å². The number of hydrogen-bond acceptors (Lipinski definition) is 4. The van der Waals surface area contributed by atoms with Gasteiger partial charge in [-0.15, -0.1) is 0 Å². The van der Waals surface area contributed by atoms with Crippen molar-refractivity contribution in [3.63, 3.8) is 0 Å². The molecule has 1 aromatic rings. The van der Waals surface area contributed by atoms with E-state index in [1.807, 2.05) is 12.1 Å². The van der Waals surface area contributed by atoms with Crippen LogP contribution in [0.15, 0.2) is 24.3 Å². The molecular weight excluding hydrogens is 248 g/mol. The van der Waals surface area contributed by atoms with Gasteiger partial charge in [0.2, 0.25) is 0 Å². The van der Waals surface area contributed by atoms with Crippen LogP contribution in [0.3, 0.4) is 0 Å². The van der Waals surface area contributed by atoms with Crippen molar-refractivity contribution in [2.45, 2.75) is 63.7 Å². The van der Waals surface area contributed by atoms with Gasteiger partial charge >= 0.3 is 0 Å². The van der Waals surface area contributed by atoms with Crippen molar-refractivity contribution in [3.05, 3.63) is 35.4 Å². The van der Waals surface area contributed by atoms with Gasteiger partial charge in [-0.05, 0) is 36.8 Å². The molecule has 0 aliphatic carbocycles. The Labute approximate surface area is 122 Å². The van der Waals surface area contributed by atoms with Crippen molar-refractivity contribution >= 4 is 0 Å². The van der Waals surface area contributed by atoms with Crippen LogP contribution in [-0.2, 0) is 12.8 Å². The van der Waals surface area contributed by atoms with E-state index in [9.17, 15) is 0 Å². The van der Waals surface area contributed by atoms with Gasteiger partial charge in [-0.1, -0.05) is 38.1 Å². The molecule has 0 aliphatic rings. The summed E-state index contributed by atoms with van der Waals surface area (Å²) in [4.78, 5) is 0. The molecule has 8 N–H and O–H groups in total. The second-order valence-electron chi connectivity index (χ2n) is 5.65. The van der Waals surface area contributed by atoms with Gasteiger partial charge in [0, 0.05) is 24.2 Å². The Hall–Kier alpha value is -0.940. The molecule has 0 aromatic heterocycles. The third-order valence-corrected chi connectivity index (χ3v) is 4.07. The molecule has 20 heavy (non-hydrogen) atoms. The Morgan fingerprint density at radius 2 is 1.05 bits per heavy atom. The topological polar surface area (TPSA) is 104 Å². The highest BCUT2D eigenvalue weighted by molar-refractivity contribution is 5.29. The molecule has 1 rings (SSSR count). The zero-order valence-electron chi connectivity index (χ0n) is 12.8. The smallest absolute Gasteiger partial charge is 0.0233 e. The van der Waals surface area contributed by atoms with Gasteiger partial charge in [0.05, 0.1) is 0 Å². The van der Waals surface area contributed by atoms with Gasteiger partial charge in [0.1, 0.15) is 0 Å². The highest BCUT2D eigenvalue weighted by atomic mass is 14.8. The summed E-state index contributed by atoms with van der Waals surface area (Å²) in [5.41, 5.74) is 26.8. The Bertz CT molecular complexity index is 357. The third kappa shape index (κ3) is 4.87. The lowest BCUT2D eigenvalue weighted by molar-refractivity contribution is 0.496. The van der Waals surface area contributed by atoms with Gasteiger partial charge in [0.25, 0.3) is 0 Å². The average molecular weight is 278 g/mol. The fourth-order valence-electron chi connectivity index (χ4n) is 2.37. The number of hydrogen-bond donors (Lipinski definition) is 4. The van der Waals surface area contributed by atoms with Crippen LogP contribution in [0.5, 0.6) is 0 Å². The van der Waals surface area contributed by atoms with E-state index in [0.717, 1.165) is 25.7 Å². The first kappa shape index (κ1) is 17.1. The van der Waals surface area contributed by atoms with Crippen molar-refractivity contribution in [2.75, 3.05) is 0 Å². The second kappa shape index (κ2) is 8.37. The Balaban J connectivity index is 2.78. The van der Waals surface area contributed by atoms with E-state index in [1.54, 1.807) is 0 Å². The van der Waals surface area contributed by atoms with Crippen LogP contribution in [-0.4, -0.2) is 24.2 Å². The first-order valence-corrected chi connectivity index (χ1v) is 7.58. The molecule has 0 saturated carbocycles. The number of nitrogens with two attached hydrogens (primary N) is 4. The Morgan fingerprint density at radius 1 is 0.700 bits per heavy atom. The lowest BCUT2D eigenvalue weighted by atomic mass is 9.91. The van der Waals surface area contributed by atoms with E-state index in [-0.39, 0.29) is 24.2 Å². The van der Waals surface area contributed by atoms with Crippen LogP contribution in [0.2, 0.25) is 0 Å². The molecule has 4 atom stereocenters. The van der Waals surface area contributed by atoms with Gasteiger partial charge in [-0.25, -0.2) is 0 Å². The standard InChI is InChI=1S/C16H30N4/c1-3-13(17)15(19)9-11-7-5-6-8-12(11)10-16(20)14(18)4-2/h5-8,13-16H,3-4,9-10,17-20H2,1-2H3. The minimum Gasteiger partial charge on any atom is -0.326 e. The van der Waals surface area contributed by atoms with Crippen molar-refractivity contribution in [1.82, 2.24) is 0 Å². The predicted octanol–water partition coefficient (Wildman–Crippen LogP) is 0.901. The lowest BCUT2D eigenvalue weighted by Crippen LogP contribution is -2.43. The molecule has 0 heterocycles. The summed E-state index contributed by atoms with van der Waals surface area (Å²) in [6.07, 6.45) is 3.37. The third-order valence-electron chi connectivity index (χ3n) is 4.07. The summed E-state index contributed by atoms with van der Waals surface area (Å²) in [6, 6.07) is 8.34. The lowest BCUT2D eigenvalue weighted by Gasteiger charge is -2.23. The number of rotatable bonds is 8.